The van der Waals surface area contributed by atoms with Crippen molar-refractivity contribution in [3.05, 3.63) is 103 Å². The maximum atomic E-state index is 2.32. The number of aromatic nitrogens is 2. The van der Waals surface area contributed by atoms with Crippen molar-refractivity contribution in [2.75, 3.05) is 0 Å². The van der Waals surface area contributed by atoms with Crippen molar-refractivity contribution >= 4 is 16.4 Å². The maximum absolute atomic E-state index is 2.32. The first-order valence-electron chi connectivity index (χ1n) is 8.46. The van der Waals surface area contributed by atoms with Crippen LogP contribution in [-0.4, -0.2) is 4.57 Å². The van der Waals surface area contributed by atoms with Crippen LogP contribution in [-0.2, 0) is 0 Å². The number of hydrogen-bond donors (Lipinski definition) is 0. The van der Waals surface area contributed by atoms with E-state index in [1.54, 1.807) is 0 Å². The van der Waals surface area contributed by atoms with E-state index >= 15 is 0 Å². The minimum Gasteiger partial charge on any atom is -0.201 e. The zero-order valence-corrected chi connectivity index (χ0v) is 13.7. The fraction of sp³-hybridized carbons (Fsp3) is 0. The Morgan fingerprint density at radius 3 is 2.00 bits per heavy atom. The Hall–Kier alpha value is -3.39. The van der Waals surface area contributed by atoms with Crippen LogP contribution in [0.3, 0.4) is 0 Å². The van der Waals surface area contributed by atoms with Crippen LogP contribution in [0, 0.1) is 0 Å². The molecule has 0 bridgehead atoms. The Balaban J connectivity index is 1.90. The van der Waals surface area contributed by atoms with E-state index in [0.29, 0.717) is 0 Å². The third-order valence-electron chi connectivity index (χ3n) is 4.64. The lowest BCUT2D eigenvalue weighted by Gasteiger charge is -2.03. The van der Waals surface area contributed by atoms with Crippen LogP contribution in [0.25, 0.3) is 33.4 Å². The Morgan fingerprint density at radius 2 is 1.24 bits per heavy atom. The summed E-state index contributed by atoms with van der Waals surface area (Å²) in [7, 11) is 0. The summed E-state index contributed by atoms with van der Waals surface area (Å²) in [6, 6.07) is 31.8. The van der Waals surface area contributed by atoms with Crippen molar-refractivity contribution < 1.29 is 4.40 Å². The number of fused-ring (bicyclic) bond motifs is 2. The number of imidazole rings is 1. The van der Waals surface area contributed by atoms with Gasteiger partial charge >= 0.3 is 0 Å². The molecule has 0 fully saturated rings. The Kier molecular flexibility index (Phi) is 3.14. The van der Waals surface area contributed by atoms with Crippen molar-refractivity contribution in [1.82, 2.24) is 4.57 Å². The third kappa shape index (κ3) is 2.31. The monoisotopic (exact) mass is 321 g/mol. The summed E-state index contributed by atoms with van der Waals surface area (Å²) in [5.41, 5.74) is 4.71. The van der Waals surface area contributed by atoms with E-state index in [1.165, 1.54) is 27.7 Å². The van der Waals surface area contributed by atoms with Gasteiger partial charge in [-0.05, 0) is 17.5 Å². The van der Waals surface area contributed by atoms with Crippen LogP contribution in [0.1, 0.15) is 0 Å². The highest BCUT2D eigenvalue weighted by Gasteiger charge is 2.21. The third-order valence-corrected chi connectivity index (χ3v) is 4.64. The van der Waals surface area contributed by atoms with E-state index in [2.05, 4.69) is 112 Å². The van der Waals surface area contributed by atoms with Crippen molar-refractivity contribution in [2.45, 2.75) is 0 Å². The molecule has 0 saturated carbocycles. The summed E-state index contributed by atoms with van der Waals surface area (Å²) < 4.78 is 4.54. The van der Waals surface area contributed by atoms with Crippen molar-refractivity contribution in [3.8, 4) is 16.9 Å². The quantitative estimate of drug-likeness (QED) is 0.403. The molecule has 0 radical (unpaired) electrons. The number of para-hydroxylation sites is 1. The summed E-state index contributed by atoms with van der Waals surface area (Å²) in [6.07, 6.45) is 4.42. The van der Waals surface area contributed by atoms with Crippen LogP contribution >= 0.6 is 0 Å². The van der Waals surface area contributed by atoms with Gasteiger partial charge in [-0.3, -0.25) is 0 Å². The molecule has 25 heavy (non-hydrogen) atoms. The summed E-state index contributed by atoms with van der Waals surface area (Å²) in [5, 5.41) is 2.49. The second-order valence-corrected chi connectivity index (χ2v) is 6.22. The van der Waals surface area contributed by atoms with Gasteiger partial charge in [0.05, 0.1) is 0 Å². The largest absolute Gasteiger partial charge is 0.292 e. The summed E-state index contributed by atoms with van der Waals surface area (Å²) in [5.74, 6) is 0. The molecule has 0 aliphatic carbocycles. The maximum Gasteiger partial charge on any atom is 0.292 e. The van der Waals surface area contributed by atoms with Crippen LogP contribution < -0.4 is 4.40 Å². The Morgan fingerprint density at radius 1 is 0.600 bits per heavy atom. The number of pyridine rings is 1. The molecule has 0 aliphatic rings. The van der Waals surface area contributed by atoms with Gasteiger partial charge < -0.3 is 0 Å². The van der Waals surface area contributed by atoms with Gasteiger partial charge in [0, 0.05) is 17.0 Å². The zero-order chi connectivity index (χ0) is 16.6. The Labute approximate surface area is 146 Å². The summed E-state index contributed by atoms with van der Waals surface area (Å²) in [6.45, 7) is 0. The highest BCUT2D eigenvalue weighted by molar-refractivity contribution is 5.84. The molecule has 0 N–H and O–H groups in total. The first kappa shape index (κ1) is 14.0. The molecular weight excluding hydrogens is 304 g/mol. The molecule has 0 unspecified atom stereocenters. The molecule has 0 saturated heterocycles. The molecule has 0 spiro atoms. The van der Waals surface area contributed by atoms with Crippen LogP contribution in [0.2, 0.25) is 0 Å². The van der Waals surface area contributed by atoms with Crippen LogP contribution in [0.15, 0.2) is 103 Å². The highest BCUT2D eigenvalue weighted by Crippen LogP contribution is 2.26. The molecule has 3 aromatic carbocycles. The van der Waals surface area contributed by atoms with Gasteiger partial charge in [0.2, 0.25) is 0 Å². The number of benzene rings is 3. The van der Waals surface area contributed by atoms with Gasteiger partial charge in [-0.25, -0.2) is 4.40 Å². The lowest BCUT2D eigenvalue weighted by atomic mass is 10.1. The zero-order valence-electron chi connectivity index (χ0n) is 13.7. The average molecular weight is 321 g/mol. The molecule has 2 heteroatoms. The predicted octanol–water partition coefficient (Wildman–Crippen LogP) is 5.04. The average Bonchev–Trinajstić information content (AvgIpc) is 3.06. The van der Waals surface area contributed by atoms with E-state index in [-0.39, 0.29) is 0 Å². The number of hydrogen-bond acceptors (Lipinski definition) is 0. The first-order chi connectivity index (χ1) is 12.4. The van der Waals surface area contributed by atoms with Crippen LogP contribution in [0.5, 0.6) is 0 Å². The van der Waals surface area contributed by atoms with E-state index in [1.807, 2.05) is 0 Å². The van der Waals surface area contributed by atoms with Crippen molar-refractivity contribution in [2.24, 2.45) is 0 Å². The number of rotatable bonds is 2. The Bertz CT molecular complexity index is 1170. The first-order valence-corrected chi connectivity index (χ1v) is 8.46. The smallest absolute Gasteiger partial charge is 0.201 e. The number of nitrogens with zero attached hydrogens (tertiary/aromatic N) is 2. The lowest BCUT2D eigenvalue weighted by Crippen LogP contribution is -2.18. The van der Waals surface area contributed by atoms with Crippen molar-refractivity contribution in [1.29, 1.82) is 0 Å². The second kappa shape index (κ2) is 5.60. The molecule has 118 valence electrons. The van der Waals surface area contributed by atoms with Crippen molar-refractivity contribution in [3.63, 3.8) is 0 Å². The lowest BCUT2D eigenvalue weighted by molar-refractivity contribution is -0.508. The van der Waals surface area contributed by atoms with Gasteiger partial charge in [-0.2, -0.15) is 4.57 Å². The molecule has 5 rings (SSSR count). The topological polar surface area (TPSA) is 9.03 Å². The fourth-order valence-corrected chi connectivity index (χ4v) is 3.45. The summed E-state index contributed by atoms with van der Waals surface area (Å²) >= 11 is 0. The summed E-state index contributed by atoms with van der Waals surface area (Å²) in [4.78, 5) is 0. The van der Waals surface area contributed by atoms with E-state index in [4.69, 9.17) is 0 Å². The molecule has 2 nitrogen and oxygen atoms in total. The second-order valence-electron chi connectivity index (χ2n) is 6.22. The normalized spacial score (nSPS) is 11.2. The highest BCUT2D eigenvalue weighted by atomic mass is 15.1. The van der Waals surface area contributed by atoms with E-state index < -0.39 is 0 Å². The minimum atomic E-state index is 1.16. The van der Waals surface area contributed by atoms with E-state index in [0.717, 1.165) is 5.65 Å². The molecule has 0 atom stereocenters. The molecule has 2 aromatic heterocycles. The molecule has 0 amide bonds. The SMILES string of the molecule is c1ccc(-c2c[n+]3cc4ccccc4cc3n2-c2ccccc2)cc1. The predicted molar refractivity (Wildman–Crippen MR) is 102 cm³/mol. The molecule has 5 aromatic rings. The molecule has 2 heterocycles. The van der Waals surface area contributed by atoms with E-state index in [9.17, 15) is 0 Å². The van der Waals surface area contributed by atoms with Gasteiger partial charge in [-0.15, -0.1) is 0 Å². The van der Waals surface area contributed by atoms with Crippen LogP contribution in [0.4, 0.5) is 0 Å². The van der Waals surface area contributed by atoms with Gasteiger partial charge in [0.1, 0.15) is 18.1 Å². The fourth-order valence-electron chi connectivity index (χ4n) is 3.45. The van der Waals surface area contributed by atoms with Gasteiger partial charge in [0.15, 0.2) is 5.69 Å². The standard InChI is InChI=1S/C23H17N2/c1-3-9-18(10-4-1)22-17-24-16-20-12-8-7-11-19(20)15-23(24)25(22)21-13-5-2-6-14-21/h1-17H/q+1. The van der Waals surface area contributed by atoms with Gasteiger partial charge in [-0.1, -0.05) is 72.8 Å². The molecular formula is C23H17N2+. The minimum absolute atomic E-state index is 1.16. The molecule has 0 aliphatic heterocycles. The van der Waals surface area contributed by atoms with Gasteiger partial charge in [0.25, 0.3) is 5.65 Å².